The monoisotopic (exact) mass is 255 g/mol. The van der Waals surface area contributed by atoms with E-state index in [1.54, 1.807) is 18.9 Å². The Morgan fingerprint density at radius 2 is 2.17 bits per heavy atom. The highest BCUT2D eigenvalue weighted by Crippen LogP contribution is 2.28. The van der Waals surface area contributed by atoms with Crippen LogP contribution in [0.1, 0.15) is 19.0 Å². The molecule has 0 aliphatic rings. The molecule has 0 bridgehead atoms. The van der Waals surface area contributed by atoms with Crippen LogP contribution in [0.25, 0.3) is 0 Å². The Bertz CT molecular complexity index is 449. The first-order valence-electron chi connectivity index (χ1n) is 5.50. The van der Waals surface area contributed by atoms with Crippen molar-refractivity contribution in [3.05, 3.63) is 15.8 Å². The lowest BCUT2D eigenvalue weighted by Gasteiger charge is -2.19. The largest absolute Gasteiger partial charge is 0.393 e. The highest BCUT2D eigenvalue weighted by atomic mass is 16.6. The summed E-state index contributed by atoms with van der Waals surface area (Å²) < 4.78 is 0. The number of nitro groups is 1. The molecule has 0 spiro atoms. The van der Waals surface area contributed by atoms with Crippen molar-refractivity contribution in [3.63, 3.8) is 0 Å². The molecule has 1 atom stereocenters. The molecule has 1 unspecified atom stereocenters. The van der Waals surface area contributed by atoms with Crippen LogP contribution in [0.4, 0.5) is 17.5 Å². The van der Waals surface area contributed by atoms with E-state index in [4.69, 9.17) is 5.73 Å². The molecule has 1 aromatic rings. The van der Waals surface area contributed by atoms with Gasteiger partial charge in [-0.05, 0) is 20.3 Å². The number of nitrogens with zero attached hydrogens (tertiary/aromatic N) is 4. The van der Waals surface area contributed by atoms with Crippen molar-refractivity contribution in [1.82, 2.24) is 9.97 Å². The van der Waals surface area contributed by atoms with Crippen molar-refractivity contribution in [3.8, 4) is 0 Å². The number of nitrogen functional groups attached to an aromatic ring is 1. The zero-order valence-corrected chi connectivity index (χ0v) is 10.6. The summed E-state index contributed by atoms with van der Waals surface area (Å²) in [4.78, 5) is 19.8. The van der Waals surface area contributed by atoms with E-state index >= 15 is 0 Å². The van der Waals surface area contributed by atoms with Gasteiger partial charge in [-0.15, -0.1) is 0 Å². The summed E-state index contributed by atoms with van der Waals surface area (Å²) in [5, 5.41) is 20.2. The predicted molar refractivity (Wildman–Crippen MR) is 67.4 cm³/mol. The van der Waals surface area contributed by atoms with Crippen LogP contribution in [0.3, 0.4) is 0 Å². The maximum absolute atomic E-state index is 11.0. The lowest BCUT2D eigenvalue weighted by molar-refractivity contribution is -0.385. The highest BCUT2D eigenvalue weighted by Gasteiger charge is 2.24. The number of aliphatic hydroxyl groups is 1. The Morgan fingerprint density at radius 3 is 2.67 bits per heavy atom. The van der Waals surface area contributed by atoms with Gasteiger partial charge in [-0.25, -0.2) is 4.98 Å². The van der Waals surface area contributed by atoms with Crippen molar-refractivity contribution >= 4 is 17.5 Å². The van der Waals surface area contributed by atoms with Crippen molar-refractivity contribution in [2.75, 3.05) is 24.2 Å². The molecule has 3 N–H and O–H groups in total. The minimum absolute atomic E-state index is 0.00278. The summed E-state index contributed by atoms with van der Waals surface area (Å²) in [6, 6.07) is 0. The van der Waals surface area contributed by atoms with Crippen molar-refractivity contribution in [2.45, 2.75) is 26.4 Å². The smallest absolute Gasteiger partial charge is 0.332 e. The molecular weight excluding hydrogens is 238 g/mol. The molecule has 1 aromatic heterocycles. The van der Waals surface area contributed by atoms with Crippen LogP contribution in [0.5, 0.6) is 0 Å². The Hall–Kier alpha value is -1.96. The Morgan fingerprint density at radius 1 is 1.56 bits per heavy atom. The van der Waals surface area contributed by atoms with Gasteiger partial charge < -0.3 is 15.7 Å². The first kappa shape index (κ1) is 14.1. The molecule has 0 saturated heterocycles. The van der Waals surface area contributed by atoms with Crippen molar-refractivity contribution in [2.24, 2.45) is 0 Å². The molecule has 1 heterocycles. The molecule has 0 aliphatic heterocycles. The van der Waals surface area contributed by atoms with E-state index in [-0.39, 0.29) is 23.1 Å². The SMILES string of the molecule is Cc1nc(N)nc(N(C)CCC(C)O)c1[N+](=O)[O-]. The molecule has 0 saturated carbocycles. The van der Waals surface area contributed by atoms with Gasteiger partial charge in [0.15, 0.2) is 0 Å². The molecule has 0 fully saturated rings. The summed E-state index contributed by atoms with van der Waals surface area (Å²) in [5.74, 6) is 0.169. The number of aromatic nitrogens is 2. The van der Waals surface area contributed by atoms with Crippen molar-refractivity contribution < 1.29 is 10.0 Å². The Balaban J connectivity index is 3.09. The highest BCUT2D eigenvalue weighted by molar-refractivity contribution is 5.61. The van der Waals surface area contributed by atoms with Gasteiger partial charge in [0.2, 0.25) is 11.8 Å². The molecule has 0 aliphatic carbocycles. The fraction of sp³-hybridized carbons (Fsp3) is 0.600. The lowest BCUT2D eigenvalue weighted by Crippen LogP contribution is -2.24. The van der Waals surface area contributed by atoms with Crippen LogP contribution >= 0.6 is 0 Å². The summed E-state index contributed by atoms with van der Waals surface area (Å²) >= 11 is 0. The van der Waals surface area contributed by atoms with Gasteiger partial charge in [-0.1, -0.05) is 0 Å². The van der Waals surface area contributed by atoms with Crippen LogP contribution in [-0.4, -0.2) is 39.7 Å². The fourth-order valence-corrected chi connectivity index (χ4v) is 1.54. The number of aliphatic hydroxyl groups excluding tert-OH is 1. The molecule has 8 nitrogen and oxygen atoms in total. The third-order valence-corrected chi connectivity index (χ3v) is 2.48. The normalized spacial score (nSPS) is 12.2. The molecule has 0 aromatic carbocycles. The molecule has 0 radical (unpaired) electrons. The van der Waals surface area contributed by atoms with Crippen LogP contribution in [-0.2, 0) is 0 Å². The average molecular weight is 255 g/mol. The summed E-state index contributed by atoms with van der Waals surface area (Å²) in [5.41, 5.74) is 5.57. The van der Waals surface area contributed by atoms with Gasteiger partial charge in [0.1, 0.15) is 5.69 Å². The predicted octanol–water partition coefficient (Wildman–Crippen LogP) is 0.483. The van der Waals surface area contributed by atoms with Gasteiger partial charge in [-0.2, -0.15) is 4.98 Å². The summed E-state index contributed by atoms with van der Waals surface area (Å²) in [7, 11) is 1.66. The summed E-state index contributed by atoms with van der Waals surface area (Å²) in [6.45, 7) is 3.61. The van der Waals surface area contributed by atoms with E-state index in [9.17, 15) is 15.2 Å². The van der Waals surface area contributed by atoms with E-state index in [0.29, 0.717) is 13.0 Å². The first-order chi connectivity index (χ1) is 8.32. The molecule has 18 heavy (non-hydrogen) atoms. The van der Waals surface area contributed by atoms with Crippen LogP contribution < -0.4 is 10.6 Å². The topological polar surface area (TPSA) is 118 Å². The molecular formula is C10H17N5O3. The number of aryl methyl sites for hydroxylation is 1. The van der Waals surface area contributed by atoms with E-state index in [1.807, 2.05) is 0 Å². The van der Waals surface area contributed by atoms with Gasteiger partial charge >= 0.3 is 5.69 Å². The first-order valence-corrected chi connectivity index (χ1v) is 5.50. The third-order valence-electron chi connectivity index (χ3n) is 2.48. The Kier molecular flexibility index (Phi) is 4.38. The maximum Gasteiger partial charge on any atom is 0.332 e. The maximum atomic E-state index is 11.0. The molecule has 1 rings (SSSR count). The second-order valence-electron chi connectivity index (χ2n) is 4.16. The fourth-order valence-electron chi connectivity index (χ4n) is 1.54. The molecule has 0 amide bonds. The minimum Gasteiger partial charge on any atom is -0.393 e. The molecule has 100 valence electrons. The number of hydrogen-bond acceptors (Lipinski definition) is 7. The van der Waals surface area contributed by atoms with Crippen LogP contribution in [0.2, 0.25) is 0 Å². The minimum atomic E-state index is -0.525. The second kappa shape index (κ2) is 5.58. The third kappa shape index (κ3) is 3.27. The van der Waals surface area contributed by atoms with Gasteiger partial charge in [0, 0.05) is 13.6 Å². The zero-order chi connectivity index (χ0) is 13.9. The van der Waals surface area contributed by atoms with Crippen LogP contribution in [0.15, 0.2) is 0 Å². The quantitative estimate of drug-likeness (QED) is 0.580. The Labute approximate surface area is 105 Å². The molecule has 8 heteroatoms. The number of nitrogens with two attached hydrogens (primary N) is 1. The number of hydrogen-bond donors (Lipinski definition) is 2. The zero-order valence-electron chi connectivity index (χ0n) is 10.6. The number of anilines is 2. The van der Waals surface area contributed by atoms with E-state index in [0.717, 1.165) is 0 Å². The van der Waals surface area contributed by atoms with E-state index < -0.39 is 11.0 Å². The number of rotatable bonds is 5. The second-order valence-corrected chi connectivity index (χ2v) is 4.16. The van der Waals surface area contributed by atoms with Gasteiger partial charge in [0.05, 0.1) is 11.0 Å². The lowest BCUT2D eigenvalue weighted by atomic mass is 10.2. The van der Waals surface area contributed by atoms with Crippen molar-refractivity contribution in [1.29, 1.82) is 0 Å². The summed E-state index contributed by atoms with van der Waals surface area (Å²) in [6.07, 6.45) is 0.00292. The van der Waals surface area contributed by atoms with Gasteiger partial charge in [-0.3, -0.25) is 10.1 Å². The van der Waals surface area contributed by atoms with Crippen LogP contribution in [0, 0.1) is 17.0 Å². The van der Waals surface area contributed by atoms with Gasteiger partial charge in [0.25, 0.3) is 0 Å². The average Bonchev–Trinajstić information content (AvgIpc) is 2.23. The van der Waals surface area contributed by atoms with E-state index in [2.05, 4.69) is 9.97 Å². The van der Waals surface area contributed by atoms with E-state index in [1.165, 1.54) is 6.92 Å². The standard InChI is InChI=1S/C10H17N5O3/c1-6(16)4-5-14(3)9-8(15(17)18)7(2)12-10(11)13-9/h6,16H,4-5H2,1-3H3,(H2,11,12,13).